The summed E-state index contributed by atoms with van der Waals surface area (Å²) < 4.78 is 2.52. The van der Waals surface area contributed by atoms with Crippen LogP contribution in [0.2, 0.25) is 5.15 Å². The largest absolute Gasteiger partial charge is 0.275 e. The van der Waals surface area contributed by atoms with Gasteiger partial charge in [0.2, 0.25) is 0 Å². The number of rotatable bonds is 2. The Bertz CT molecular complexity index is 592. The number of aryl methyl sites for hydroxylation is 2. The molecule has 0 aliphatic rings. The fraction of sp³-hybridized carbons (Fsp3) is 0.417. The Kier molecular flexibility index (Phi) is 3.73. The van der Waals surface area contributed by atoms with Gasteiger partial charge < -0.3 is 0 Å². The molecule has 0 N–H and O–H groups in total. The van der Waals surface area contributed by atoms with Gasteiger partial charge in [0.25, 0.3) is 0 Å². The lowest BCUT2D eigenvalue weighted by Gasteiger charge is -2.10. The zero-order chi connectivity index (χ0) is 13.4. The van der Waals surface area contributed by atoms with Crippen LogP contribution in [0.4, 0.5) is 0 Å². The molecule has 0 aliphatic heterocycles. The van der Waals surface area contributed by atoms with Crippen molar-refractivity contribution in [3.63, 3.8) is 0 Å². The Labute approximate surface area is 120 Å². The van der Waals surface area contributed by atoms with E-state index in [0.29, 0.717) is 11.0 Å². The smallest absolute Gasteiger partial charge is 0.164 e. The van der Waals surface area contributed by atoms with Crippen molar-refractivity contribution < 1.29 is 0 Å². The van der Waals surface area contributed by atoms with Crippen molar-refractivity contribution in [2.24, 2.45) is 7.05 Å². The van der Waals surface area contributed by atoms with E-state index in [1.807, 2.05) is 20.2 Å². The van der Waals surface area contributed by atoms with Crippen molar-refractivity contribution in [1.29, 1.82) is 0 Å². The van der Waals surface area contributed by atoms with Crippen molar-refractivity contribution in [2.75, 3.05) is 0 Å². The highest BCUT2D eigenvalue weighted by atomic mass is 79.9. The molecule has 4 nitrogen and oxygen atoms in total. The van der Waals surface area contributed by atoms with Gasteiger partial charge in [0, 0.05) is 13.2 Å². The monoisotopic (exact) mass is 328 g/mol. The molecule has 2 aromatic heterocycles. The molecular weight excluding hydrogens is 316 g/mol. The minimum absolute atomic E-state index is 0.274. The molecule has 2 rings (SSSR count). The van der Waals surface area contributed by atoms with Crippen LogP contribution in [-0.4, -0.2) is 19.7 Å². The summed E-state index contributed by atoms with van der Waals surface area (Å²) in [7, 11) is 1.88. The summed E-state index contributed by atoms with van der Waals surface area (Å²) in [6, 6.07) is 0. The molecule has 6 heteroatoms. The molecule has 0 saturated carbocycles. The van der Waals surface area contributed by atoms with Gasteiger partial charge in [-0.2, -0.15) is 5.10 Å². The second-order valence-corrected chi connectivity index (χ2v) is 5.64. The van der Waals surface area contributed by atoms with Gasteiger partial charge in [-0.25, -0.2) is 9.97 Å². The summed E-state index contributed by atoms with van der Waals surface area (Å²) >= 11 is 9.58. The van der Waals surface area contributed by atoms with Gasteiger partial charge in [-0.15, -0.1) is 0 Å². The lowest BCUT2D eigenvalue weighted by molar-refractivity contribution is 0.756. The average Bonchev–Trinajstić information content (AvgIpc) is 2.61. The maximum Gasteiger partial charge on any atom is 0.164 e. The first-order valence-electron chi connectivity index (χ1n) is 5.63. The molecule has 2 aromatic rings. The molecule has 0 radical (unpaired) electrons. The van der Waals surface area contributed by atoms with E-state index in [2.05, 4.69) is 44.8 Å². The number of nitrogens with zero attached hydrogens (tertiary/aromatic N) is 4. The van der Waals surface area contributed by atoms with E-state index in [1.54, 1.807) is 4.68 Å². The number of hydrogen-bond donors (Lipinski definition) is 0. The van der Waals surface area contributed by atoms with Crippen molar-refractivity contribution in [3.05, 3.63) is 27.2 Å². The SMILES string of the molecule is Cc1nn(C)cc1-c1nc(Cl)c(Br)c(C(C)C)n1. The summed E-state index contributed by atoms with van der Waals surface area (Å²) in [5.41, 5.74) is 2.72. The van der Waals surface area contributed by atoms with Crippen LogP contribution in [0, 0.1) is 6.92 Å². The van der Waals surface area contributed by atoms with E-state index in [4.69, 9.17) is 11.6 Å². The lowest BCUT2D eigenvalue weighted by atomic mass is 10.1. The highest BCUT2D eigenvalue weighted by molar-refractivity contribution is 9.10. The minimum Gasteiger partial charge on any atom is -0.275 e. The van der Waals surface area contributed by atoms with Crippen molar-refractivity contribution in [3.8, 4) is 11.4 Å². The number of hydrogen-bond acceptors (Lipinski definition) is 3. The normalized spacial score (nSPS) is 11.3. The molecular formula is C12H14BrClN4. The van der Waals surface area contributed by atoms with E-state index >= 15 is 0 Å². The minimum atomic E-state index is 0.274. The molecule has 0 unspecified atom stereocenters. The molecule has 0 bridgehead atoms. The fourth-order valence-corrected chi connectivity index (χ4v) is 2.57. The number of halogens is 2. The second-order valence-electron chi connectivity index (χ2n) is 4.49. The molecule has 0 aliphatic carbocycles. The van der Waals surface area contributed by atoms with E-state index in [-0.39, 0.29) is 5.92 Å². The van der Waals surface area contributed by atoms with Crippen LogP contribution in [0.25, 0.3) is 11.4 Å². The van der Waals surface area contributed by atoms with Crippen LogP contribution < -0.4 is 0 Å². The first-order chi connectivity index (χ1) is 8.40. The van der Waals surface area contributed by atoms with Crippen LogP contribution >= 0.6 is 27.5 Å². The topological polar surface area (TPSA) is 43.6 Å². The Morgan fingerprint density at radius 3 is 2.50 bits per heavy atom. The quantitative estimate of drug-likeness (QED) is 0.789. The molecule has 0 fully saturated rings. The first-order valence-corrected chi connectivity index (χ1v) is 6.80. The van der Waals surface area contributed by atoms with Crippen molar-refractivity contribution >= 4 is 27.5 Å². The van der Waals surface area contributed by atoms with E-state index in [9.17, 15) is 0 Å². The molecule has 0 atom stereocenters. The average molecular weight is 330 g/mol. The predicted molar refractivity (Wildman–Crippen MR) is 75.8 cm³/mol. The van der Waals surface area contributed by atoms with Crippen LogP contribution in [0.15, 0.2) is 10.7 Å². The number of aromatic nitrogens is 4. The molecule has 2 heterocycles. The van der Waals surface area contributed by atoms with Gasteiger partial charge in [0.05, 0.1) is 21.4 Å². The van der Waals surface area contributed by atoms with Gasteiger partial charge in [-0.05, 0) is 28.8 Å². The molecule has 0 aromatic carbocycles. The van der Waals surface area contributed by atoms with Crippen LogP contribution in [0.1, 0.15) is 31.2 Å². The van der Waals surface area contributed by atoms with E-state index in [1.165, 1.54) is 0 Å². The van der Waals surface area contributed by atoms with Gasteiger partial charge in [-0.3, -0.25) is 4.68 Å². The zero-order valence-electron chi connectivity index (χ0n) is 10.7. The summed E-state index contributed by atoms with van der Waals surface area (Å²) in [4.78, 5) is 8.90. The van der Waals surface area contributed by atoms with Gasteiger partial charge in [0.1, 0.15) is 5.15 Å². The Hall–Kier alpha value is -0.940. The van der Waals surface area contributed by atoms with Gasteiger partial charge in [-0.1, -0.05) is 25.4 Å². The first kappa shape index (κ1) is 13.5. The standard InChI is InChI=1S/C12H14BrClN4/c1-6(2)10-9(13)11(14)16-12(15-10)8-5-18(4)17-7(8)3/h5-6H,1-4H3. The van der Waals surface area contributed by atoms with Crippen molar-refractivity contribution in [2.45, 2.75) is 26.7 Å². The van der Waals surface area contributed by atoms with Crippen LogP contribution in [0.3, 0.4) is 0 Å². The third-order valence-corrected chi connectivity index (χ3v) is 3.92. The van der Waals surface area contributed by atoms with Crippen molar-refractivity contribution in [1.82, 2.24) is 19.7 Å². The summed E-state index contributed by atoms with van der Waals surface area (Å²) in [6.45, 7) is 6.08. The third kappa shape index (κ3) is 2.42. The highest BCUT2D eigenvalue weighted by Gasteiger charge is 2.16. The summed E-state index contributed by atoms with van der Waals surface area (Å²) in [6.07, 6.45) is 1.90. The highest BCUT2D eigenvalue weighted by Crippen LogP contribution is 2.31. The van der Waals surface area contributed by atoms with E-state index < -0.39 is 0 Å². The Balaban J connectivity index is 2.62. The zero-order valence-corrected chi connectivity index (χ0v) is 13.0. The van der Waals surface area contributed by atoms with Crippen LogP contribution in [0.5, 0.6) is 0 Å². The molecule has 0 saturated heterocycles. The van der Waals surface area contributed by atoms with Gasteiger partial charge in [0.15, 0.2) is 5.82 Å². The maximum absolute atomic E-state index is 6.15. The van der Waals surface area contributed by atoms with Crippen LogP contribution in [-0.2, 0) is 7.05 Å². The predicted octanol–water partition coefficient (Wildman–Crippen LogP) is 3.72. The maximum atomic E-state index is 6.15. The third-order valence-electron chi connectivity index (χ3n) is 2.64. The summed E-state index contributed by atoms with van der Waals surface area (Å²) in [5, 5.41) is 4.73. The van der Waals surface area contributed by atoms with E-state index in [0.717, 1.165) is 21.4 Å². The molecule has 0 spiro atoms. The Morgan fingerprint density at radius 2 is 2.00 bits per heavy atom. The van der Waals surface area contributed by atoms with Gasteiger partial charge >= 0.3 is 0 Å². The lowest BCUT2D eigenvalue weighted by Crippen LogP contribution is -2.00. The molecule has 96 valence electrons. The molecule has 0 amide bonds. The second kappa shape index (κ2) is 4.97. The summed E-state index contributed by atoms with van der Waals surface area (Å²) in [5.74, 6) is 0.896. The molecule has 18 heavy (non-hydrogen) atoms. The fourth-order valence-electron chi connectivity index (χ4n) is 1.76. The Morgan fingerprint density at radius 1 is 1.33 bits per heavy atom.